The van der Waals surface area contributed by atoms with Crippen molar-refractivity contribution in [2.45, 2.75) is 37.8 Å². The van der Waals surface area contributed by atoms with Gasteiger partial charge in [-0.1, -0.05) is 18.0 Å². The number of hydrogen-bond donors (Lipinski definition) is 2. The first-order valence-corrected chi connectivity index (χ1v) is 7.12. The predicted molar refractivity (Wildman–Crippen MR) is 76.1 cm³/mol. The zero-order chi connectivity index (χ0) is 13.9. The normalized spacial score (nSPS) is 27.2. The van der Waals surface area contributed by atoms with Crippen LogP contribution >= 0.6 is 0 Å². The monoisotopic (exact) mass is 276 g/mol. The lowest BCUT2D eigenvalue weighted by Crippen LogP contribution is -2.52. The summed E-state index contributed by atoms with van der Waals surface area (Å²) in [4.78, 5) is 6.51. The van der Waals surface area contributed by atoms with Crippen LogP contribution in [-0.2, 0) is 4.74 Å². The Kier molecular flexibility index (Phi) is 3.73. The maximum atomic E-state index is 8.77. The van der Waals surface area contributed by atoms with E-state index >= 15 is 0 Å². The summed E-state index contributed by atoms with van der Waals surface area (Å²) in [7, 11) is 0. The number of nitrogens with two attached hydrogens (primary N) is 1. The Morgan fingerprint density at radius 2 is 2.30 bits per heavy atom. The second-order valence-electron chi connectivity index (χ2n) is 5.34. The van der Waals surface area contributed by atoms with Crippen LogP contribution in [0.1, 0.15) is 31.4 Å². The number of nitrogens with zero attached hydrogens (tertiary/aromatic N) is 3. The number of pyridine rings is 1. The molecule has 6 nitrogen and oxygen atoms in total. The first-order chi connectivity index (χ1) is 9.79. The standard InChI is InChI=1S/C14H20N4O2/c15-14(17-19)11-9-10(5-6-16-11)18-7-8-20-13-4-2-1-3-12(13)18/h5-6,9,12-13,19H,1-4,7-8H2,(H2,15,17). The third kappa shape index (κ3) is 2.43. The van der Waals surface area contributed by atoms with Crippen LogP contribution in [0, 0.1) is 0 Å². The highest BCUT2D eigenvalue weighted by molar-refractivity contribution is 5.95. The zero-order valence-electron chi connectivity index (χ0n) is 11.4. The van der Waals surface area contributed by atoms with Crippen LogP contribution in [0.2, 0.25) is 0 Å². The Hall–Kier alpha value is -1.82. The molecule has 1 aliphatic heterocycles. The summed E-state index contributed by atoms with van der Waals surface area (Å²) in [6.07, 6.45) is 6.83. The lowest BCUT2D eigenvalue weighted by atomic mass is 9.90. The highest BCUT2D eigenvalue weighted by atomic mass is 16.5. The molecule has 0 spiro atoms. The topological polar surface area (TPSA) is 84.0 Å². The van der Waals surface area contributed by atoms with Gasteiger partial charge >= 0.3 is 0 Å². The van der Waals surface area contributed by atoms with E-state index in [4.69, 9.17) is 15.7 Å². The summed E-state index contributed by atoms with van der Waals surface area (Å²) >= 11 is 0. The molecular formula is C14H20N4O2. The number of oxime groups is 1. The summed E-state index contributed by atoms with van der Waals surface area (Å²) in [5, 5.41) is 11.8. The number of aromatic nitrogens is 1. The van der Waals surface area contributed by atoms with Crippen LogP contribution in [0.25, 0.3) is 0 Å². The molecule has 2 heterocycles. The van der Waals surface area contributed by atoms with Crippen molar-refractivity contribution < 1.29 is 9.94 Å². The van der Waals surface area contributed by atoms with Gasteiger partial charge in [-0.2, -0.15) is 0 Å². The summed E-state index contributed by atoms with van der Waals surface area (Å²) < 4.78 is 5.89. The Morgan fingerprint density at radius 3 is 3.15 bits per heavy atom. The highest BCUT2D eigenvalue weighted by Crippen LogP contribution is 2.31. The van der Waals surface area contributed by atoms with Crippen LogP contribution < -0.4 is 10.6 Å². The van der Waals surface area contributed by atoms with E-state index in [1.807, 2.05) is 12.1 Å². The van der Waals surface area contributed by atoms with Crippen LogP contribution in [0.3, 0.4) is 0 Å². The van der Waals surface area contributed by atoms with Gasteiger partial charge < -0.3 is 20.6 Å². The molecule has 0 bridgehead atoms. The van der Waals surface area contributed by atoms with E-state index in [9.17, 15) is 0 Å². The van der Waals surface area contributed by atoms with Crippen LogP contribution in [0.15, 0.2) is 23.5 Å². The molecular weight excluding hydrogens is 256 g/mol. The second-order valence-corrected chi connectivity index (χ2v) is 5.34. The molecule has 20 heavy (non-hydrogen) atoms. The van der Waals surface area contributed by atoms with Crippen molar-refractivity contribution in [2.75, 3.05) is 18.1 Å². The molecule has 2 aliphatic rings. The molecule has 1 aromatic rings. The molecule has 0 aromatic carbocycles. The number of morpholine rings is 1. The van der Waals surface area contributed by atoms with Crippen molar-refractivity contribution in [3.63, 3.8) is 0 Å². The largest absolute Gasteiger partial charge is 0.409 e. The predicted octanol–water partition coefficient (Wildman–Crippen LogP) is 1.32. The fourth-order valence-electron chi connectivity index (χ4n) is 3.21. The van der Waals surface area contributed by atoms with Gasteiger partial charge in [0.15, 0.2) is 5.84 Å². The number of ether oxygens (including phenoxy) is 1. The Bertz CT molecular complexity index is 504. The summed E-state index contributed by atoms with van der Waals surface area (Å²) in [6.45, 7) is 1.63. The Morgan fingerprint density at radius 1 is 1.45 bits per heavy atom. The number of anilines is 1. The fraction of sp³-hybridized carbons (Fsp3) is 0.571. The second kappa shape index (κ2) is 5.66. The minimum Gasteiger partial charge on any atom is -0.409 e. The van der Waals surface area contributed by atoms with Crippen molar-refractivity contribution >= 4 is 11.5 Å². The molecule has 108 valence electrons. The number of fused-ring (bicyclic) bond motifs is 1. The summed E-state index contributed by atoms with van der Waals surface area (Å²) in [6, 6.07) is 4.29. The molecule has 0 radical (unpaired) electrons. The molecule has 3 rings (SSSR count). The van der Waals surface area contributed by atoms with E-state index in [-0.39, 0.29) is 5.84 Å². The Balaban J connectivity index is 1.87. The summed E-state index contributed by atoms with van der Waals surface area (Å²) in [5.41, 5.74) is 7.19. The van der Waals surface area contributed by atoms with Crippen LogP contribution in [-0.4, -0.2) is 41.3 Å². The molecule has 1 aliphatic carbocycles. The van der Waals surface area contributed by atoms with E-state index in [0.29, 0.717) is 17.8 Å². The average Bonchev–Trinajstić information content (AvgIpc) is 2.53. The van der Waals surface area contributed by atoms with E-state index in [1.165, 1.54) is 12.8 Å². The lowest BCUT2D eigenvalue weighted by molar-refractivity contribution is -0.00868. The van der Waals surface area contributed by atoms with Gasteiger partial charge in [0.1, 0.15) is 5.69 Å². The molecule has 6 heteroatoms. The quantitative estimate of drug-likeness (QED) is 0.368. The number of amidine groups is 1. The fourth-order valence-corrected chi connectivity index (χ4v) is 3.21. The van der Waals surface area contributed by atoms with Gasteiger partial charge in [0.2, 0.25) is 0 Å². The smallest absolute Gasteiger partial charge is 0.188 e. The molecule has 1 saturated carbocycles. The van der Waals surface area contributed by atoms with E-state index in [1.54, 1.807) is 6.20 Å². The van der Waals surface area contributed by atoms with Crippen LogP contribution in [0.4, 0.5) is 5.69 Å². The number of rotatable bonds is 2. The van der Waals surface area contributed by atoms with Gasteiger partial charge in [0, 0.05) is 18.4 Å². The molecule has 2 atom stereocenters. The van der Waals surface area contributed by atoms with Gasteiger partial charge in [-0.25, -0.2) is 0 Å². The van der Waals surface area contributed by atoms with Crippen molar-refractivity contribution in [2.24, 2.45) is 10.9 Å². The van der Waals surface area contributed by atoms with Crippen LogP contribution in [0.5, 0.6) is 0 Å². The van der Waals surface area contributed by atoms with E-state index in [0.717, 1.165) is 31.7 Å². The zero-order valence-corrected chi connectivity index (χ0v) is 11.4. The third-order valence-corrected chi connectivity index (χ3v) is 4.18. The van der Waals surface area contributed by atoms with Gasteiger partial charge in [-0.15, -0.1) is 0 Å². The van der Waals surface area contributed by atoms with Crippen molar-refractivity contribution in [1.29, 1.82) is 0 Å². The maximum Gasteiger partial charge on any atom is 0.188 e. The third-order valence-electron chi connectivity index (χ3n) is 4.18. The molecule has 2 unspecified atom stereocenters. The first kappa shape index (κ1) is 13.2. The van der Waals surface area contributed by atoms with Crippen molar-refractivity contribution in [1.82, 2.24) is 4.98 Å². The maximum absolute atomic E-state index is 8.77. The van der Waals surface area contributed by atoms with Crippen molar-refractivity contribution in [3.8, 4) is 0 Å². The number of hydrogen-bond acceptors (Lipinski definition) is 5. The first-order valence-electron chi connectivity index (χ1n) is 7.12. The molecule has 3 N–H and O–H groups in total. The van der Waals surface area contributed by atoms with E-state index < -0.39 is 0 Å². The van der Waals surface area contributed by atoms with Crippen molar-refractivity contribution in [3.05, 3.63) is 24.0 Å². The summed E-state index contributed by atoms with van der Waals surface area (Å²) in [5.74, 6) is 0.0419. The van der Waals surface area contributed by atoms with E-state index in [2.05, 4.69) is 15.0 Å². The SMILES string of the molecule is NC(=NO)c1cc(N2CCOC3CCCCC32)ccn1. The minimum absolute atomic E-state index is 0.0419. The molecule has 1 saturated heterocycles. The van der Waals surface area contributed by atoms with Gasteiger partial charge in [-0.05, 0) is 25.0 Å². The average molecular weight is 276 g/mol. The molecule has 0 amide bonds. The molecule has 2 fully saturated rings. The minimum atomic E-state index is 0.0419. The van der Waals surface area contributed by atoms with Gasteiger partial charge in [0.25, 0.3) is 0 Å². The highest BCUT2D eigenvalue weighted by Gasteiger charge is 2.34. The van der Waals surface area contributed by atoms with Gasteiger partial charge in [-0.3, -0.25) is 4.98 Å². The van der Waals surface area contributed by atoms with Gasteiger partial charge in [0.05, 0.1) is 18.8 Å². The molecule has 1 aromatic heterocycles. The lowest BCUT2D eigenvalue weighted by Gasteiger charge is -2.45. The Labute approximate surface area is 118 Å².